The van der Waals surface area contributed by atoms with Crippen molar-refractivity contribution in [3.63, 3.8) is 0 Å². The van der Waals surface area contributed by atoms with Crippen LogP contribution in [0.4, 0.5) is 0 Å². The monoisotopic (exact) mass is 356 g/mol. The van der Waals surface area contributed by atoms with Gasteiger partial charge in [-0.15, -0.1) is 0 Å². The molecule has 27 heavy (non-hydrogen) atoms. The van der Waals surface area contributed by atoms with Gasteiger partial charge in [-0.25, -0.2) is 9.78 Å². The van der Waals surface area contributed by atoms with Crippen molar-refractivity contribution in [3.8, 4) is 11.1 Å². The summed E-state index contributed by atoms with van der Waals surface area (Å²) in [6, 6.07) is 19.7. The molecular weight excluding hydrogens is 340 g/mol. The quantitative estimate of drug-likeness (QED) is 0.550. The number of nitrogens with one attached hydrogen (secondary N) is 2. The maximum atomic E-state index is 13.2. The number of pyridine rings is 1. The van der Waals surface area contributed by atoms with Gasteiger partial charge in [0.2, 0.25) is 0 Å². The van der Waals surface area contributed by atoms with Crippen LogP contribution in [0, 0.1) is 0 Å². The Morgan fingerprint density at radius 1 is 0.852 bits per heavy atom. The van der Waals surface area contributed by atoms with Gasteiger partial charge in [0.05, 0.1) is 5.52 Å². The molecule has 0 aliphatic carbocycles. The number of benzene rings is 2. The molecule has 0 saturated heterocycles. The van der Waals surface area contributed by atoms with E-state index in [2.05, 4.69) is 39.2 Å². The lowest BCUT2D eigenvalue weighted by molar-refractivity contribution is 0.0726. The highest BCUT2D eigenvalue weighted by atomic mass is 16.2. The highest BCUT2D eigenvalue weighted by Crippen LogP contribution is 2.32. The Balaban J connectivity index is 1.58. The maximum Gasteiger partial charge on any atom is 0.325 e. The van der Waals surface area contributed by atoms with Gasteiger partial charge in [-0.2, -0.15) is 0 Å². The Labute approximate surface area is 154 Å². The summed E-state index contributed by atoms with van der Waals surface area (Å²) in [4.78, 5) is 36.0. The third-order valence-corrected chi connectivity index (χ3v) is 4.93. The molecule has 6 heteroatoms. The Morgan fingerprint density at radius 2 is 1.48 bits per heavy atom. The number of carbonyl (C=O) groups excluding carboxylic acids is 1. The van der Waals surface area contributed by atoms with E-state index < -0.39 is 0 Å². The molecule has 0 fully saturated rings. The second-order valence-corrected chi connectivity index (χ2v) is 6.65. The molecule has 2 aromatic carbocycles. The summed E-state index contributed by atoms with van der Waals surface area (Å²) in [5.41, 5.74) is 5.47. The molecule has 0 unspecified atom stereocenters. The molecule has 0 spiro atoms. The molecule has 2 aromatic heterocycles. The molecule has 0 atom stereocenters. The summed E-state index contributed by atoms with van der Waals surface area (Å²) < 4.78 is 0. The number of carbonyl (C=O) groups is 1. The molecule has 5 rings (SSSR count). The fourth-order valence-electron chi connectivity index (χ4n) is 3.65. The summed E-state index contributed by atoms with van der Waals surface area (Å²) in [5, 5.41) is 0. The number of amides is 1. The smallest absolute Gasteiger partial charge is 0.325 e. The zero-order valence-electron chi connectivity index (χ0n) is 14.4. The van der Waals surface area contributed by atoms with Crippen LogP contribution >= 0.6 is 0 Å². The second kappa shape index (κ2) is 5.95. The van der Waals surface area contributed by atoms with Crippen molar-refractivity contribution in [2.24, 2.45) is 0 Å². The van der Waals surface area contributed by atoms with Gasteiger partial charge in [0.1, 0.15) is 5.69 Å². The van der Waals surface area contributed by atoms with Crippen LogP contribution in [0.2, 0.25) is 0 Å². The van der Waals surface area contributed by atoms with E-state index in [1.807, 2.05) is 24.3 Å². The van der Waals surface area contributed by atoms with E-state index in [1.54, 1.807) is 17.0 Å². The summed E-state index contributed by atoms with van der Waals surface area (Å²) >= 11 is 0. The molecule has 1 amide bonds. The number of hydrogen-bond donors (Lipinski definition) is 2. The van der Waals surface area contributed by atoms with Gasteiger partial charge in [-0.1, -0.05) is 48.5 Å². The van der Waals surface area contributed by atoms with Crippen LogP contribution in [0.25, 0.3) is 22.3 Å². The van der Waals surface area contributed by atoms with Crippen LogP contribution in [0.15, 0.2) is 65.5 Å². The van der Waals surface area contributed by atoms with Gasteiger partial charge in [0.15, 0.2) is 5.65 Å². The minimum atomic E-state index is -0.334. The first kappa shape index (κ1) is 15.6. The van der Waals surface area contributed by atoms with E-state index in [0.29, 0.717) is 29.9 Å². The summed E-state index contributed by atoms with van der Waals surface area (Å²) in [6.07, 6.45) is 0. The zero-order valence-corrected chi connectivity index (χ0v) is 14.4. The predicted molar refractivity (Wildman–Crippen MR) is 102 cm³/mol. The number of fused-ring (bicyclic) bond motifs is 4. The Kier molecular flexibility index (Phi) is 3.43. The zero-order chi connectivity index (χ0) is 18.4. The highest BCUT2D eigenvalue weighted by Gasteiger charge is 2.24. The van der Waals surface area contributed by atoms with Crippen LogP contribution in [0.5, 0.6) is 0 Å². The topological polar surface area (TPSA) is 81.8 Å². The molecule has 1 aliphatic heterocycles. The normalized spacial score (nSPS) is 13.1. The van der Waals surface area contributed by atoms with E-state index >= 15 is 0 Å². The van der Waals surface area contributed by atoms with E-state index in [0.717, 1.165) is 22.3 Å². The average Bonchev–Trinajstić information content (AvgIpc) is 2.97. The van der Waals surface area contributed by atoms with Gasteiger partial charge in [-0.3, -0.25) is 9.78 Å². The first-order valence-corrected chi connectivity index (χ1v) is 8.73. The lowest BCUT2D eigenvalue weighted by Crippen LogP contribution is -2.30. The van der Waals surface area contributed by atoms with Crippen molar-refractivity contribution in [1.82, 2.24) is 19.9 Å². The minimum absolute atomic E-state index is 0.162. The van der Waals surface area contributed by atoms with E-state index in [9.17, 15) is 9.59 Å². The second-order valence-electron chi connectivity index (χ2n) is 6.65. The number of H-pyrrole nitrogens is 2. The maximum absolute atomic E-state index is 13.2. The highest BCUT2D eigenvalue weighted by molar-refractivity contribution is 5.94. The summed E-state index contributed by atoms with van der Waals surface area (Å²) in [7, 11) is 0. The molecule has 4 aromatic rings. The molecule has 3 heterocycles. The van der Waals surface area contributed by atoms with E-state index in [4.69, 9.17) is 0 Å². The fourth-order valence-corrected chi connectivity index (χ4v) is 3.65. The third kappa shape index (κ3) is 2.62. The van der Waals surface area contributed by atoms with Crippen molar-refractivity contribution < 1.29 is 4.79 Å². The van der Waals surface area contributed by atoms with Crippen LogP contribution < -0.4 is 5.69 Å². The van der Waals surface area contributed by atoms with Crippen molar-refractivity contribution in [2.45, 2.75) is 13.1 Å². The molecule has 0 radical (unpaired) electrons. The molecule has 132 valence electrons. The third-order valence-electron chi connectivity index (χ3n) is 4.93. The molecule has 0 bridgehead atoms. The standard InChI is InChI=1S/C21H16N4O2/c26-20(18-10-9-17-19(22-18)24-21(27)23-17)25-11-13-5-1-3-7-15(13)16-8-4-2-6-14(16)12-25/h1-10H,11-12H2,(H2,22,23,24,27). The van der Waals surface area contributed by atoms with Crippen molar-refractivity contribution in [2.75, 3.05) is 0 Å². The average molecular weight is 356 g/mol. The largest absolute Gasteiger partial charge is 0.329 e. The molecular formula is C21H16N4O2. The van der Waals surface area contributed by atoms with Crippen LogP contribution in [-0.2, 0) is 13.1 Å². The van der Waals surface area contributed by atoms with Gasteiger partial charge in [0.25, 0.3) is 5.91 Å². The van der Waals surface area contributed by atoms with Gasteiger partial charge in [0, 0.05) is 13.1 Å². The van der Waals surface area contributed by atoms with Crippen LogP contribution in [0.3, 0.4) is 0 Å². The van der Waals surface area contributed by atoms with Crippen molar-refractivity contribution >= 4 is 17.1 Å². The van der Waals surface area contributed by atoms with Gasteiger partial charge < -0.3 is 9.88 Å². The van der Waals surface area contributed by atoms with Crippen molar-refractivity contribution in [3.05, 3.63) is 88.0 Å². The van der Waals surface area contributed by atoms with E-state index in [1.165, 1.54) is 0 Å². The summed E-state index contributed by atoms with van der Waals surface area (Å²) in [6.45, 7) is 1.01. The van der Waals surface area contributed by atoms with Crippen molar-refractivity contribution in [1.29, 1.82) is 0 Å². The summed E-state index contributed by atoms with van der Waals surface area (Å²) in [5.74, 6) is -0.162. The van der Waals surface area contributed by atoms with Crippen LogP contribution in [-0.4, -0.2) is 25.8 Å². The predicted octanol–water partition coefficient (Wildman–Crippen LogP) is 3.07. The number of aromatic nitrogens is 3. The number of hydrogen-bond acceptors (Lipinski definition) is 3. The fraction of sp³-hybridized carbons (Fsp3) is 0.0952. The molecule has 1 aliphatic rings. The number of rotatable bonds is 1. The lowest BCUT2D eigenvalue weighted by atomic mass is 9.97. The van der Waals surface area contributed by atoms with Gasteiger partial charge in [-0.05, 0) is 34.4 Å². The first-order valence-electron chi connectivity index (χ1n) is 8.73. The SMILES string of the molecule is O=C(c1ccc2[nH]c(=O)[nH]c2n1)N1Cc2ccccc2-c2ccccc2C1. The minimum Gasteiger partial charge on any atom is -0.329 e. The van der Waals surface area contributed by atoms with E-state index in [-0.39, 0.29) is 11.6 Å². The lowest BCUT2D eigenvalue weighted by Gasteiger charge is -2.21. The van der Waals surface area contributed by atoms with Gasteiger partial charge >= 0.3 is 5.69 Å². The Hall–Kier alpha value is -3.67. The Bertz CT molecular complexity index is 1190. The molecule has 6 nitrogen and oxygen atoms in total. The molecule has 0 saturated carbocycles. The van der Waals surface area contributed by atoms with Crippen LogP contribution in [0.1, 0.15) is 21.6 Å². The Morgan fingerprint density at radius 3 is 2.15 bits per heavy atom. The number of nitrogens with zero attached hydrogens (tertiary/aromatic N) is 2. The number of imidazole rings is 1. The first-order chi connectivity index (χ1) is 13.2. The number of aromatic amines is 2. The molecule has 2 N–H and O–H groups in total.